The molecule has 3 heterocycles. The third-order valence-electron chi connectivity index (χ3n) is 5.56. The molecule has 0 aromatic carbocycles. The molecular weight excluding hydrogens is 362 g/mol. The zero-order valence-electron chi connectivity index (χ0n) is 15.5. The van der Waals surface area contributed by atoms with Crippen molar-refractivity contribution in [3.8, 4) is 11.8 Å². The minimum Gasteiger partial charge on any atom is -0.394 e. The van der Waals surface area contributed by atoms with Crippen LogP contribution in [0.5, 0.6) is 0 Å². The van der Waals surface area contributed by atoms with Crippen LogP contribution in [0.25, 0.3) is 11.2 Å². The molecule has 5 N–H and O–H groups in total. The van der Waals surface area contributed by atoms with Gasteiger partial charge >= 0.3 is 0 Å². The van der Waals surface area contributed by atoms with Crippen LogP contribution in [0.15, 0.2) is 6.33 Å². The van der Waals surface area contributed by atoms with Crippen LogP contribution in [-0.2, 0) is 4.74 Å². The Kier molecular flexibility index (Phi) is 5.46. The van der Waals surface area contributed by atoms with E-state index in [1.54, 1.807) is 0 Å². The number of nitrogen functional groups attached to an aromatic ring is 1. The van der Waals surface area contributed by atoms with Crippen molar-refractivity contribution in [3.63, 3.8) is 0 Å². The molecule has 1 saturated heterocycles. The predicted octanol–water partition coefficient (Wildman–Crippen LogP) is 0.342. The van der Waals surface area contributed by atoms with Gasteiger partial charge in [-0.15, -0.1) is 0 Å². The summed E-state index contributed by atoms with van der Waals surface area (Å²) < 4.78 is 7.05. The molecule has 2 aromatic heterocycles. The van der Waals surface area contributed by atoms with Crippen LogP contribution in [0, 0.1) is 17.8 Å². The number of nitrogens with zero attached hydrogens (tertiary/aromatic N) is 4. The number of ether oxygens (including phenoxy) is 1. The minimum absolute atomic E-state index is 0.192. The van der Waals surface area contributed by atoms with Crippen molar-refractivity contribution >= 4 is 17.0 Å². The van der Waals surface area contributed by atoms with Crippen LogP contribution in [0.2, 0.25) is 0 Å². The summed E-state index contributed by atoms with van der Waals surface area (Å²) in [5.41, 5.74) is 6.75. The maximum Gasteiger partial charge on any atom is 0.208 e. The Hall–Kier alpha value is -2.25. The standard InChI is InChI=1S/C19H25N5O4/c20-17-14-18(23-13(22-17)8-4-7-11-5-2-1-3-6-11)24(10-21-14)19-16(27)15(26)12(9-25)28-19/h10-12,15-16,19,25-27H,1-3,5-7,9H2,(H2,20,22,23)/t12?,15-,16?,19?/m0/s1. The fourth-order valence-corrected chi connectivity index (χ4v) is 3.96. The number of anilines is 1. The molecule has 1 saturated carbocycles. The second-order valence-electron chi connectivity index (χ2n) is 7.50. The van der Waals surface area contributed by atoms with Crippen molar-refractivity contribution in [2.45, 2.75) is 63.1 Å². The Morgan fingerprint density at radius 2 is 1.96 bits per heavy atom. The maximum atomic E-state index is 10.3. The molecule has 2 aromatic rings. The minimum atomic E-state index is -1.23. The Bertz CT molecular complexity index is 899. The second-order valence-corrected chi connectivity index (χ2v) is 7.50. The van der Waals surface area contributed by atoms with Crippen molar-refractivity contribution < 1.29 is 20.1 Å². The summed E-state index contributed by atoms with van der Waals surface area (Å²) in [5, 5.41) is 29.6. The summed E-state index contributed by atoms with van der Waals surface area (Å²) in [7, 11) is 0. The Balaban J connectivity index is 1.60. The smallest absolute Gasteiger partial charge is 0.208 e. The van der Waals surface area contributed by atoms with Gasteiger partial charge in [0.15, 0.2) is 17.7 Å². The van der Waals surface area contributed by atoms with Gasteiger partial charge in [0.1, 0.15) is 23.8 Å². The van der Waals surface area contributed by atoms with E-state index >= 15 is 0 Å². The molecule has 2 aliphatic rings. The molecule has 3 unspecified atom stereocenters. The normalized spacial score (nSPS) is 28.4. The number of rotatable bonds is 3. The first kappa shape index (κ1) is 19.1. The first-order valence-electron chi connectivity index (χ1n) is 9.70. The quantitative estimate of drug-likeness (QED) is 0.553. The highest BCUT2D eigenvalue weighted by atomic mass is 16.6. The second kappa shape index (κ2) is 8.01. The van der Waals surface area contributed by atoms with Crippen LogP contribution >= 0.6 is 0 Å². The lowest BCUT2D eigenvalue weighted by atomic mass is 9.87. The van der Waals surface area contributed by atoms with Crippen molar-refractivity contribution in [2.24, 2.45) is 5.92 Å². The zero-order valence-corrected chi connectivity index (χ0v) is 15.5. The Morgan fingerprint density at radius 3 is 2.68 bits per heavy atom. The third-order valence-corrected chi connectivity index (χ3v) is 5.56. The summed E-state index contributed by atoms with van der Waals surface area (Å²) in [6.45, 7) is -0.406. The number of aliphatic hydroxyl groups excluding tert-OH is 3. The largest absolute Gasteiger partial charge is 0.394 e. The zero-order chi connectivity index (χ0) is 19.7. The van der Waals surface area contributed by atoms with E-state index in [4.69, 9.17) is 10.5 Å². The average molecular weight is 387 g/mol. The van der Waals surface area contributed by atoms with Crippen molar-refractivity contribution in [1.82, 2.24) is 19.5 Å². The number of fused-ring (bicyclic) bond motifs is 1. The van der Waals surface area contributed by atoms with E-state index < -0.39 is 31.1 Å². The van der Waals surface area contributed by atoms with Gasteiger partial charge < -0.3 is 25.8 Å². The third kappa shape index (κ3) is 3.56. The van der Waals surface area contributed by atoms with E-state index in [1.165, 1.54) is 43.0 Å². The van der Waals surface area contributed by atoms with Gasteiger partial charge in [-0.05, 0) is 24.7 Å². The van der Waals surface area contributed by atoms with E-state index in [0.717, 1.165) is 6.42 Å². The number of hydrogen-bond donors (Lipinski definition) is 4. The highest BCUT2D eigenvalue weighted by Gasteiger charge is 2.44. The first-order valence-corrected chi connectivity index (χ1v) is 9.70. The number of hydrogen-bond acceptors (Lipinski definition) is 8. The van der Waals surface area contributed by atoms with Gasteiger partial charge in [-0.1, -0.05) is 25.2 Å². The molecule has 0 bridgehead atoms. The molecule has 9 nitrogen and oxygen atoms in total. The number of imidazole rings is 1. The molecular formula is C19H25N5O4. The summed E-state index contributed by atoms with van der Waals surface area (Å²) >= 11 is 0. The SMILES string of the molecule is Nc1nc(C#CCC2CCCCC2)nc2c1ncn2C1OC(CO)[C@H](O)C1O. The van der Waals surface area contributed by atoms with Crippen molar-refractivity contribution in [2.75, 3.05) is 12.3 Å². The van der Waals surface area contributed by atoms with E-state index in [-0.39, 0.29) is 11.6 Å². The monoisotopic (exact) mass is 387 g/mol. The van der Waals surface area contributed by atoms with Gasteiger partial charge in [0.05, 0.1) is 12.9 Å². The predicted molar refractivity (Wildman–Crippen MR) is 101 cm³/mol. The summed E-state index contributed by atoms with van der Waals surface area (Å²) in [5.74, 6) is 7.26. The van der Waals surface area contributed by atoms with Gasteiger partial charge in [-0.2, -0.15) is 0 Å². The number of aromatic nitrogens is 4. The van der Waals surface area contributed by atoms with Gasteiger partial charge in [0.25, 0.3) is 0 Å². The van der Waals surface area contributed by atoms with Crippen LogP contribution in [-0.4, -0.2) is 59.8 Å². The molecule has 150 valence electrons. The van der Waals surface area contributed by atoms with Crippen LogP contribution < -0.4 is 5.73 Å². The van der Waals surface area contributed by atoms with E-state index in [0.29, 0.717) is 17.1 Å². The summed E-state index contributed by atoms with van der Waals surface area (Å²) in [4.78, 5) is 12.8. The lowest BCUT2D eigenvalue weighted by Crippen LogP contribution is -2.33. The maximum absolute atomic E-state index is 10.3. The summed E-state index contributed by atoms with van der Waals surface area (Å²) in [6.07, 6.45) is 4.27. The molecule has 0 radical (unpaired) electrons. The number of aliphatic hydroxyl groups is 3. The van der Waals surface area contributed by atoms with E-state index in [9.17, 15) is 15.3 Å². The molecule has 28 heavy (non-hydrogen) atoms. The van der Waals surface area contributed by atoms with Gasteiger partial charge in [0.2, 0.25) is 5.82 Å². The first-order chi connectivity index (χ1) is 13.6. The molecule has 4 atom stereocenters. The lowest BCUT2D eigenvalue weighted by Gasteiger charge is -2.18. The van der Waals surface area contributed by atoms with E-state index in [2.05, 4.69) is 26.8 Å². The van der Waals surface area contributed by atoms with E-state index in [1.807, 2.05) is 0 Å². The molecule has 0 spiro atoms. The number of nitrogens with two attached hydrogens (primary N) is 1. The molecule has 1 aliphatic carbocycles. The highest BCUT2D eigenvalue weighted by molar-refractivity contribution is 5.82. The fourth-order valence-electron chi connectivity index (χ4n) is 3.96. The Labute approximate surface area is 162 Å². The average Bonchev–Trinajstić information content (AvgIpc) is 3.24. The van der Waals surface area contributed by atoms with Crippen LogP contribution in [0.1, 0.15) is 50.6 Å². The molecule has 0 amide bonds. The van der Waals surface area contributed by atoms with Gasteiger partial charge in [0, 0.05) is 6.42 Å². The van der Waals surface area contributed by atoms with Crippen molar-refractivity contribution in [3.05, 3.63) is 12.2 Å². The highest BCUT2D eigenvalue weighted by Crippen LogP contribution is 2.32. The van der Waals surface area contributed by atoms with Gasteiger partial charge in [-0.3, -0.25) is 4.57 Å². The molecule has 4 rings (SSSR count). The van der Waals surface area contributed by atoms with Gasteiger partial charge in [-0.25, -0.2) is 15.0 Å². The topological polar surface area (TPSA) is 140 Å². The molecule has 2 fully saturated rings. The lowest BCUT2D eigenvalue weighted by molar-refractivity contribution is -0.0511. The van der Waals surface area contributed by atoms with Crippen LogP contribution in [0.4, 0.5) is 5.82 Å². The Morgan fingerprint density at radius 1 is 1.18 bits per heavy atom. The molecule has 9 heteroatoms. The fraction of sp³-hybridized carbons (Fsp3) is 0.632. The summed E-state index contributed by atoms with van der Waals surface area (Å²) in [6, 6.07) is 0. The molecule has 1 aliphatic heterocycles. The van der Waals surface area contributed by atoms with Crippen LogP contribution in [0.3, 0.4) is 0 Å². The van der Waals surface area contributed by atoms with Crippen molar-refractivity contribution in [1.29, 1.82) is 0 Å².